The summed E-state index contributed by atoms with van der Waals surface area (Å²) in [5.41, 5.74) is 2.80. The number of hydrogen-bond donors (Lipinski definition) is 2. The van der Waals surface area contributed by atoms with E-state index in [1.807, 2.05) is 12.1 Å². The summed E-state index contributed by atoms with van der Waals surface area (Å²) in [6, 6.07) is 14.4. The van der Waals surface area contributed by atoms with Crippen molar-refractivity contribution in [3.63, 3.8) is 0 Å². The molecule has 1 amide bonds. The van der Waals surface area contributed by atoms with Crippen LogP contribution in [0.2, 0.25) is 0 Å². The summed E-state index contributed by atoms with van der Waals surface area (Å²) < 4.78 is 1.69. The first kappa shape index (κ1) is 20.4. The minimum Gasteiger partial charge on any atom is -0.508 e. The van der Waals surface area contributed by atoms with Crippen LogP contribution in [0, 0.1) is 6.92 Å². The van der Waals surface area contributed by atoms with Gasteiger partial charge >= 0.3 is 0 Å². The van der Waals surface area contributed by atoms with E-state index in [0.29, 0.717) is 22.6 Å². The van der Waals surface area contributed by atoms with E-state index in [-0.39, 0.29) is 23.6 Å². The molecule has 0 saturated carbocycles. The smallest absolute Gasteiger partial charge is 0.295 e. The summed E-state index contributed by atoms with van der Waals surface area (Å²) >= 11 is 0. The van der Waals surface area contributed by atoms with Crippen molar-refractivity contribution in [1.82, 2.24) is 19.3 Å². The molecule has 5 rings (SSSR count). The van der Waals surface area contributed by atoms with Crippen molar-refractivity contribution >= 4 is 23.1 Å². The number of hydrogen-bond acceptors (Lipinski definition) is 6. The van der Waals surface area contributed by atoms with Crippen LogP contribution < -0.4 is 0 Å². The number of phenolic OH excluding ortho intramolecular Hbond substituents is 1. The van der Waals surface area contributed by atoms with Gasteiger partial charge in [0.15, 0.2) is 5.76 Å². The Kier molecular flexibility index (Phi) is 4.90. The largest absolute Gasteiger partial charge is 0.508 e. The van der Waals surface area contributed by atoms with Gasteiger partial charge in [-0.1, -0.05) is 24.3 Å². The maximum atomic E-state index is 13.2. The zero-order valence-corrected chi connectivity index (χ0v) is 17.7. The molecule has 4 heterocycles. The lowest BCUT2D eigenvalue weighted by atomic mass is 9.96. The molecule has 1 fully saturated rings. The highest BCUT2D eigenvalue weighted by Gasteiger charge is 2.46. The topological polar surface area (TPSA) is 108 Å². The van der Waals surface area contributed by atoms with Crippen LogP contribution in [-0.4, -0.2) is 41.2 Å². The van der Waals surface area contributed by atoms with E-state index in [4.69, 9.17) is 0 Å². The Hall–Kier alpha value is -4.46. The average molecular weight is 440 g/mol. The second-order valence-corrected chi connectivity index (χ2v) is 7.85. The van der Waals surface area contributed by atoms with Gasteiger partial charge in [-0.05, 0) is 48.4 Å². The number of Topliss-reactive ketones (excluding diaryl/α,β-unsaturated/α-hetero) is 1. The monoisotopic (exact) mass is 440 g/mol. The number of phenols is 1. The molecule has 164 valence electrons. The summed E-state index contributed by atoms with van der Waals surface area (Å²) in [6.45, 7) is 1.87. The Labute approximate surface area is 189 Å². The van der Waals surface area contributed by atoms with Crippen molar-refractivity contribution in [3.05, 3.63) is 101 Å². The Balaban J connectivity index is 1.72. The highest BCUT2D eigenvalue weighted by molar-refractivity contribution is 6.46. The van der Waals surface area contributed by atoms with Gasteiger partial charge in [0, 0.05) is 25.1 Å². The Morgan fingerprint density at radius 2 is 1.85 bits per heavy atom. The van der Waals surface area contributed by atoms with Gasteiger partial charge in [-0.25, -0.2) is 4.98 Å². The number of pyridine rings is 2. The Bertz CT molecular complexity index is 1410. The Morgan fingerprint density at radius 3 is 2.58 bits per heavy atom. The molecule has 1 atom stereocenters. The quantitative estimate of drug-likeness (QED) is 0.286. The molecule has 1 saturated heterocycles. The molecule has 3 aromatic heterocycles. The first-order valence-electron chi connectivity index (χ1n) is 10.4. The van der Waals surface area contributed by atoms with Gasteiger partial charge in [0.25, 0.3) is 11.7 Å². The molecule has 0 aliphatic carbocycles. The molecule has 0 spiro atoms. The third-order valence-corrected chi connectivity index (χ3v) is 5.75. The fourth-order valence-corrected chi connectivity index (χ4v) is 4.26. The molecule has 8 heteroatoms. The molecule has 4 aromatic rings. The number of rotatable bonds is 4. The third-order valence-electron chi connectivity index (χ3n) is 5.75. The molecule has 1 aliphatic heterocycles. The number of aliphatic hydroxyl groups is 1. The SMILES string of the molecule is Cc1nc2ccccn2c1C(O)=C1C(=O)C(=O)N(Cc2cccnc2)C1c1ccc(O)cc1. The van der Waals surface area contributed by atoms with Crippen molar-refractivity contribution in [3.8, 4) is 5.75 Å². The van der Waals surface area contributed by atoms with E-state index < -0.39 is 17.7 Å². The van der Waals surface area contributed by atoms with Crippen LogP contribution in [0.5, 0.6) is 5.75 Å². The number of imidazole rings is 1. The van der Waals surface area contributed by atoms with Crippen LogP contribution in [0.15, 0.2) is 78.8 Å². The van der Waals surface area contributed by atoms with Crippen molar-refractivity contribution in [2.75, 3.05) is 0 Å². The molecular weight excluding hydrogens is 420 g/mol. The van der Waals surface area contributed by atoms with E-state index in [9.17, 15) is 19.8 Å². The van der Waals surface area contributed by atoms with Gasteiger partial charge < -0.3 is 15.1 Å². The van der Waals surface area contributed by atoms with Gasteiger partial charge in [0.2, 0.25) is 0 Å². The molecule has 33 heavy (non-hydrogen) atoms. The number of fused-ring (bicyclic) bond motifs is 1. The molecule has 0 bridgehead atoms. The minimum atomic E-state index is -0.848. The molecule has 1 unspecified atom stereocenters. The number of aromatic nitrogens is 3. The van der Waals surface area contributed by atoms with Crippen LogP contribution in [0.3, 0.4) is 0 Å². The number of aryl methyl sites for hydroxylation is 1. The van der Waals surface area contributed by atoms with Crippen LogP contribution in [-0.2, 0) is 16.1 Å². The van der Waals surface area contributed by atoms with Gasteiger partial charge in [-0.2, -0.15) is 0 Å². The highest BCUT2D eigenvalue weighted by Crippen LogP contribution is 2.41. The van der Waals surface area contributed by atoms with Gasteiger partial charge in [-0.3, -0.25) is 19.0 Å². The Morgan fingerprint density at radius 1 is 1.06 bits per heavy atom. The first-order valence-corrected chi connectivity index (χ1v) is 10.4. The van der Waals surface area contributed by atoms with Gasteiger partial charge in [-0.15, -0.1) is 0 Å². The van der Waals surface area contributed by atoms with Crippen LogP contribution in [0.4, 0.5) is 0 Å². The van der Waals surface area contributed by atoms with E-state index in [1.54, 1.807) is 60.2 Å². The molecule has 1 aliphatic rings. The minimum absolute atomic E-state index is 0.0247. The summed E-state index contributed by atoms with van der Waals surface area (Å²) in [6.07, 6.45) is 5.00. The number of ketones is 1. The summed E-state index contributed by atoms with van der Waals surface area (Å²) in [5, 5.41) is 21.2. The van der Waals surface area contributed by atoms with E-state index in [0.717, 1.165) is 5.56 Å². The third kappa shape index (κ3) is 3.41. The zero-order valence-electron chi connectivity index (χ0n) is 17.7. The zero-order chi connectivity index (χ0) is 23.1. The van der Waals surface area contributed by atoms with Crippen molar-refractivity contribution in [1.29, 1.82) is 0 Å². The van der Waals surface area contributed by atoms with Gasteiger partial charge in [0.1, 0.15) is 17.1 Å². The number of carbonyl (C=O) groups is 2. The normalized spacial score (nSPS) is 17.7. The number of likely N-dealkylation sites (tertiary alicyclic amines) is 1. The van der Waals surface area contributed by atoms with Crippen LogP contribution in [0.1, 0.15) is 28.6 Å². The fourth-order valence-electron chi connectivity index (χ4n) is 4.26. The average Bonchev–Trinajstić information content (AvgIpc) is 3.28. The lowest BCUT2D eigenvalue weighted by Gasteiger charge is -2.25. The highest BCUT2D eigenvalue weighted by atomic mass is 16.3. The van der Waals surface area contributed by atoms with Gasteiger partial charge in [0.05, 0.1) is 17.3 Å². The second-order valence-electron chi connectivity index (χ2n) is 7.85. The first-order chi connectivity index (χ1) is 16.0. The summed E-state index contributed by atoms with van der Waals surface area (Å²) in [4.78, 5) is 36.3. The van der Waals surface area contributed by atoms with Crippen molar-refractivity contribution in [2.45, 2.75) is 19.5 Å². The van der Waals surface area contributed by atoms with E-state index in [2.05, 4.69) is 9.97 Å². The maximum Gasteiger partial charge on any atom is 0.295 e. The van der Waals surface area contributed by atoms with Crippen molar-refractivity contribution in [2.24, 2.45) is 0 Å². The second kappa shape index (κ2) is 7.90. The fraction of sp³-hybridized carbons (Fsp3) is 0.120. The number of carbonyl (C=O) groups excluding carboxylic acids is 2. The van der Waals surface area contributed by atoms with Crippen LogP contribution in [0.25, 0.3) is 11.4 Å². The van der Waals surface area contributed by atoms with Crippen molar-refractivity contribution < 1.29 is 19.8 Å². The number of amides is 1. The summed E-state index contributed by atoms with van der Waals surface area (Å²) in [5.74, 6) is -1.73. The van der Waals surface area contributed by atoms with E-state index in [1.165, 1.54) is 17.0 Å². The predicted octanol–water partition coefficient (Wildman–Crippen LogP) is 3.37. The maximum absolute atomic E-state index is 13.2. The predicted molar refractivity (Wildman–Crippen MR) is 120 cm³/mol. The lowest BCUT2D eigenvalue weighted by Crippen LogP contribution is -2.29. The molecule has 8 nitrogen and oxygen atoms in total. The number of benzene rings is 1. The molecule has 1 aromatic carbocycles. The number of nitrogens with zero attached hydrogens (tertiary/aromatic N) is 4. The summed E-state index contributed by atoms with van der Waals surface area (Å²) in [7, 11) is 0. The molecular formula is C25H20N4O4. The molecule has 0 radical (unpaired) electrons. The number of aliphatic hydroxyl groups excluding tert-OH is 1. The molecule has 2 N–H and O–H groups in total. The lowest BCUT2D eigenvalue weighted by molar-refractivity contribution is -0.140. The number of aromatic hydroxyl groups is 1. The van der Waals surface area contributed by atoms with E-state index >= 15 is 0 Å². The van der Waals surface area contributed by atoms with Crippen LogP contribution >= 0.6 is 0 Å². The standard InChI is InChI=1S/C25H20N4O4/c1-15-21(28-12-3-2-6-19(28)27-15)23(31)20-22(17-7-9-18(30)10-8-17)29(25(33)24(20)32)14-16-5-4-11-26-13-16/h2-13,22,30-31H,14H2,1H3.